The quantitative estimate of drug-likeness (QED) is 0.397. The van der Waals surface area contributed by atoms with Crippen LogP contribution in [0.3, 0.4) is 0 Å². The van der Waals surface area contributed by atoms with Gasteiger partial charge >= 0.3 is 0 Å². The fourth-order valence-corrected chi connectivity index (χ4v) is 3.10. The molecule has 0 radical (unpaired) electrons. The Hall–Kier alpha value is -0.423. The summed E-state index contributed by atoms with van der Waals surface area (Å²) in [5.74, 6) is 0. The summed E-state index contributed by atoms with van der Waals surface area (Å²) in [6.45, 7) is 14.7. The third kappa shape index (κ3) is 4.69. The van der Waals surface area contributed by atoms with Crippen LogP contribution in [-0.2, 0) is 4.43 Å². The number of nitro groups is 1. The molecule has 0 saturated carbocycles. The Bertz CT molecular complexity index is 274. The molecule has 0 aromatic rings. The molecule has 0 spiro atoms. The first-order valence-electron chi connectivity index (χ1n) is 6.88. The van der Waals surface area contributed by atoms with Crippen molar-refractivity contribution in [2.45, 2.75) is 84.2 Å². The van der Waals surface area contributed by atoms with Crippen LogP contribution in [0.1, 0.15) is 53.9 Å². The van der Waals surface area contributed by atoms with E-state index in [1.54, 1.807) is 0 Å². The Kier molecular flexibility index (Phi) is 6.50. The summed E-state index contributed by atoms with van der Waals surface area (Å²) in [6, 6.07) is -0.570. The van der Waals surface area contributed by atoms with E-state index in [0.717, 1.165) is 12.8 Å². The van der Waals surface area contributed by atoms with Gasteiger partial charge in [-0.15, -0.1) is 0 Å². The summed E-state index contributed by atoms with van der Waals surface area (Å²) in [5, 5.41) is 11.2. The molecule has 0 aliphatic heterocycles. The molecule has 0 aliphatic carbocycles. The van der Waals surface area contributed by atoms with Gasteiger partial charge in [-0.05, 0) is 24.6 Å². The maximum atomic E-state index is 11.1. The topological polar surface area (TPSA) is 52.4 Å². The molecule has 0 fully saturated rings. The second-order valence-electron chi connectivity index (χ2n) is 6.47. The molecule has 0 aromatic heterocycles. The van der Waals surface area contributed by atoms with E-state index in [-0.39, 0.29) is 16.1 Å². The molecule has 0 rings (SSSR count). The normalized spacial score (nSPS) is 16.4. The van der Waals surface area contributed by atoms with Gasteiger partial charge in [0.1, 0.15) is 6.10 Å². The average Bonchev–Trinajstić information content (AvgIpc) is 2.15. The summed E-state index contributed by atoms with van der Waals surface area (Å²) in [4.78, 5) is 11.0. The molecule has 108 valence electrons. The summed E-state index contributed by atoms with van der Waals surface area (Å²) in [7, 11) is -1.93. The lowest BCUT2D eigenvalue weighted by Crippen LogP contribution is -2.48. The van der Waals surface area contributed by atoms with Gasteiger partial charge in [0.05, 0.1) is 0 Å². The Morgan fingerprint density at radius 3 is 2.06 bits per heavy atom. The molecular formula is C13H29NO3Si. The zero-order valence-corrected chi connectivity index (χ0v) is 13.9. The first-order valence-corrected chi connectivity index (χ1v) is 9.79. The second-order valence-corrected chi connectivity index (χ2v) is 11.2. The van der Waals surface area contributed by atoms with E-state index >= 15 is 0 Å². The van der Waals surface area contributed by atoms with Crippen LogP contribution in [0, 0.1) is 10.1 Å². The van der Waals surface area contributed by atoms with Crippen LogP contribution in [0.2, 0.25) is 18.1 Å². The minimum absolute atomic E-state index is 0.0912. The van der Waals surface area contributed by atoms with E-state index in [0.29, 0.717) is 6.42 Å². The smallest absolute Gasteiger partial charge is 0.237 e. The Labute approximate surface area is 112 Å². The average molecular weight is 275 g/mol. The van der Waals surface area contributed by atoms with Gasteiger partial charge in [0.15, 0.2) is 8.32 Å². The van der Waals surface area contributed by atoms with Crippen LogP contribution in [0.4, 0.5) is 0 Å². The van der Waals surface area contributed by atoms with Crippen molar-refractivity contribution < 1.29 is 9.35 Å². The van der Waals surface area contributed by atoms with Crippen LogP contribution in [0.5, 0.6) is 0 Å². The lowest BCUT2D eigenvalue weighted by molar-refractivity contribution is -0.534. The largest absolute Gasteiger partial charge is 0.407 e. The fourth-order valence-electron chi connectivity index (χ4n) is 1.72. The molecule has 2 atom stereocenters. The number of nitrogens with zero attached hydrogens (tertiary/aromatic N) is 1. The number of rotatable bonds is 7. The maximum absolute atomic E-state index is 11.1. The minimum atomic E-state index is -1.93. The van der Waals surface area contributed by atoms with Crippen LogP contribution in [0.15, 0.2) is 0 Å². The molecular weight excluding hydrogens is 246 g/mol. The maximum Gasteiger partial charge on any atom is 0.237 e. The molecule has 0 amide bonds. The predicted octanol–water partition coefficient (Wildman–Crippen LogP) is 4.23. The monoisotopic (exact) mass is 275 g/mol. The number of hydrogen-bond acceptors (Lipinski definition) is 3. The Morgan fingerprint density at radius 1 is 1.28 bits per heavy atom. The van der Waals surface area contributed by atoms with Crippen molar-refractivity contribution in [2.75, 3.05) is 0 Å². The van der Waals surface area contributed by atoms with Crippen molar-refractivity contribution in [3.05, 3.63) is 10.1 Å². The van der Waals surface area contributed by atoms with E-state index in [1.165, 1.54) is 0 Å². The highest BCUT2D eigenvalue weighted by molar-refractivity contribution is 6.74. The van der Waals surface area contributed by atoms with Crippen molar-refractivity contribution in [1.82, 2.24) is 0 Å². The van der Waals surface area contributed by atoms with Gasteiger partial charge in [-0.25, -0.2) is 0 Å². The zero-order chi connectivity index (χ0) is 14.6. The van der Waals surface area contributed by atoms with Crippen molar-refractivity contribution in [3.8, 4) is 0 Å². The molecule has 0 heterocycles. The summed E-state index contributed by atoms with van der Waals surface area (Å²) < 4.78 is 6.25. The lowest BCUT2D eigenvalue weighted by Gasteiger charge is -2.39. The SMILES string of the molecule is CCC[C@@H](O[Si](C)(C)C(C)(C)C)[C@@H](CC)[N+](=O)[O-]. The summed E-state index contributed by atoms with van der Waals surface area (Å²) in [5.41, 5.74) is 0. The van der Waals surface area contributed by atoms with E-state index in [9.17, 15) is 10.1 Å². The first kappa shape index (κ1) is 17.6. The predicted molar refractivity (Wildman–Crippen MR) is 78.1 cm³/mol. The molecule has 0 N–H and O–H groups in total. The second kappa shape index (κ2) is 6.66. The molecule has 0 saturated heterocycles. The minimum Gasteiger partial charge on any atom is -0.407 e. The van der Waals surface area contributed by atoms with Crippen LogP contribution < -0.4 is 0 Å². The van der Waals surface area contributed by atoms with E-state index < -0.39 is 14.4 Å². The standard InChI is InChI=1S/C13H29NO3Si/c1-8-10-12(11(9-2)14(15)16)17-18(6,7)13(3,4)5/h11-12H,8-10H2,1-7H3/t11-,12-/m1/s1. The number of hydrogen-bond donors (Lipinski definition) is 0. The van der Waals surface area contributed by atoms with Crippen molar-refractivity contribution in [3.63, 3.8) is 0 Å². The molecule has 18 heavy (non-hydrogen) atoms. The molecule has 0 aromatic carbocycles. The van der Waals surface area contributed by atoms with Crippen molar-refractivity contribution >= 4 is 8.32 Å². The van der Waals surface area contributed by atoms with Gasteiger partial charge in [0.2, 0.25) is 6.04 Å². The zero-order valence-electron chi connectivity index (χ0n) is 12.9. The van der Waals surface area contributed by atoms with E-state index in [2.05, 4.69) is 40.8 Å². The van der Waals surface area contributed by atoms with Gasteiger partial charge < -0.3 is 4.43 Å². The molecule has 0 aliphatic rings. The fraction of sp³-hybridized carbons (Fsp3) is 1.00. The lowest BCUT2D eigenvalue weighted by atomic mass is 10.1. The van der Waals surface area contributed by atoms with E-state index in [4.69, 9.17) is 4.43 Å². The highest BCUT2D eigenvalue weighted by atomic mass is 28.4. The van der Waals surface area contributed by atoms with Crippen LogP contribution in [0.25, 0.3) is 0 Å². The van der Waals surface area contributed by atoms with Gasteiger partial charge in [-0.1, -0.05) is 41.0 Å². The summed E-state index contributed by atoms with van der Waals surface area (Å²) in [6.07, 6.45) is 1.98. The Morgan fingerprint density at radius 2 is 1.78 bits per heavy atom. The highest BCUT2D eigenvalue weighted by Gasteiger charge is 2.42. The first-order chi connectivity index (χ1) is 8.06. The van der Waals surface area contributed by atoms with Gasteiger partial charge in [-0.3, -0.25) is 10.1 Å². The van der Waals surface area contributed by atoms with Crippen LogP contribution >= 0.6 is 0 Å². The molecule has 4 nitrogen and oxygen atoms in total. The van der Waals surface area contributed by atoms with Gasteiger partial charge in [-0.2, -0.15) is 0 Å². The van der Waals surface area contributed by atoms with Gasteiger partial charge in [0.25, 0.3) is 0 Å². The van der Waals surface area contributed by atoms with Gasteiger partial charge in [0, 0.05) is 11.3 Å². The summed E-state index contributed by atoms with van der Waals surface area (Å²) >= 11 is 0. The highest BCUT2D eigenvalue weighted by Crippen LogP contribution is 2.38. The molecule has 5 heteroatoms. The third-order valence-electron chi connectivity index (χ3n) is 3.94. The van der Waals surface area contributed by atoms with Crippen molar-refractivity contribution in [1.29, 1.82) is 0 Å². The van der Waals surface area contributed by atoms with Crippen molar-refractivity contribution in [2.24, 2.45) is 0 Å². The van der Waals surface area contributed by atoms with E-state index in [1.807, 2.05) is 6.92 Å². The third-order valence-corrected chi connectivity index (χ3v) is 8.45. The molecule has 0 unspecified atom stereocenters. The molecule has 0 bridgehead atoms. The van der Waals surface area contributed by atoms with Crippen LogP contribution in [-0.4, -0.2) is 25.4 Å². The Balaban J connectivity index is 4.98.